The molecule has 1 aliphatic heterocycles. The summed E-state index contributed by atoms with van der Waals surface area (Å²) in [5.41, 5.74) is 2.78. The van der Waals surface area contributed by atoms with Gasteiger partial charge in [-0.1, -0.05) is 0 Å². The molecule has 1 aliphatic rings. The van der Waals surface area contributed by atoms with E-state index in [1.807, 2.05) is 52.4 Å². The molecule has 0 spiro atoms. The topological polar surface area (TPSA) is 50.3 Å². The molecule has 0 aromatic carbocycles. The summed E-state index contributed by atoms with van der Waals surface area (Å²) < 4.78 is 8.77. The second-order valence-electron chi connectivity index (χ2n) is 5.51. The van der Waals surface area contributed by atoms with Crippen LogP contribution < -0.4 is 0 Å². The maximum Gasteiger partial charge on any atom is 0.271 e. The molecule has 114 valence electrons. The van der Waals surface area contributed by atoms with E-state index in [9.17, 15) is 4.79 Å². The fourth-order valence-electron chi connectivity index (χ4n) is 3.03. The van der Waals surface area contributed by atoms with Crippen LogP contribution in [0.25, 0.3) is 10.2 Å². The molecule has 0 radical (unpaired) electrons. The molecule has 3 aromatic rings. The lowest BCUT2D eigenvalue weighted by molar-refractivity contribution is -0.00488. The molecule has 1 atom stereocenters. The van der Waals surface area contributed by atoms with Crippen LogP contribution in [0.2, 0.25) is 0 Å². The van der Waals surface area contributed by atoms with Crippen molar-refractivity contribution in [3.8, 4) is 0 Å². The first-order valence-electron chi connectivity index (χ1n) is 7.30. The van der Waals surface area contributed by atoms with E-state index >= 15 is 0 Å². The Morgan fingerprint density at radius 2 is 2.36 bits per heavy atom. The average Bonchev–Trinajstić information content (AvgIpc) is 3.21. The number of carbonyl (C=O) groups is 1. The minimum Gasteiger partial charge on any atom is -0.377 e. The van der Waals surface area contributed by atoms with Gasteiger partial charge in [0.05, 0.1) is 29.5 Å². The molecule has 1 amide bonds. The first-order chi connectivity index (χ1) is 10.7. The smallest absolute Gasteiger partial charge is 0.271 e. The van der Waals surface area contributed by atoms with E-state index < -0.39 is 0 Å². The number of nitrogens with zero attached hydrogens (tertiary/aromatic N) is 2. The van der Waals surface area contributed by atoms with Crippen LogP contribution >= 0.6 is 11.3 Å². The first kappa shape index (κ1) is 13.6. The standard InChI is InChI=1S/C16H17N3O2S/c1-18-5-2-3-13(18)14-10-21-7-6-19(14)16(20)12-9-15-11(17-12)4-8-22-15/h2-5,8-9,14,17H,6-7,10H2,1H3/t14-/m0/s1. The van der Waals surface area contributed by atoms with Crippen LogP contribution in [-0.2, 0) is 11.8 Å². The van der Waals surface area contributed by atoms with Gasteiger partial charge in [-0.15, -0.1) is 11.3 Å². The Morgan fingerprint density at radius 1 is 1.45 bits per heavy atom. The Kier molecular flexibility index (Phi) is 3.28. The Morgan fingerprint density at radius 3 is 3.14 bits per heavy atom. The van der Waals surface area contributed by atoms with Crippen LogP contribution in [0.3, 0.4) is 0 Å². The number of morpholine rings is 1. The highest BCUT2D eigenvalue weighted by atomic mass is 32.1. The summed E-state index contributed by atoms with van der Waals surface area (Å²) >= 11 is 1.64. The predicted octanol–water partition coefficient (Wildman–Crippen LogP) is 2.78. The van der Waals surface area contributed by atoms with E-state index in [1.54, 1.807) is 11.3 Å². The van der Waals surface area contributed by atoms with Gasteiger partial charge in [0.2, 0.25) is 0 Å². The number of H-pyrrole nitrogens is 1. The van der Waals surface area contributed by atoms with Crippen LogP contribution in [0.4, 0.5) is 0 Å². The van der Waals surface area contributed by atoms with E-state index in [0.717, 1.165) is 15.9 Å². The molecular formula is C16H17N3O2S. The quantitative estimate of drug-likeness (QED) is 0.790. The highest BCUT2D eigenvalue weighted by Gasteiger charge is 2.31. The summed E-state index contributed by atoms with van der Waals surface area (Å²) in [6, 6.07) is 7.96. The lowest BCUT2D eigenvalue weighted by Gasteiger charge is -2.35. The molecule has 4 heterocycles. The third kappa shape index (κ3) is 2.15. The van der Waals surface area contributed by atoms with Gasteiger partial charge >= 0.3 is 0 Å². The van der Waals surface area contributed by atoms with Crippen molar-refractivity contribution in [3.63, 3.8) is 0 Å². The van der Waals surface area contributed by atoms with Crippen LogP contribution in [0.5, 0.6) is 0 Å². The summed E-state index contributed by atoms with van der Waals surface area (Å²) in [4.78, 5) is 18.1. The number of amides is 1. The van der Waals surface area contributed by atoms with Crippen LogP contribution in [0.15, 0.2) is 35.8 Å². The number of nitrogens with one attached hydrogen (secondary N) is 1. The lowest BCUT2D eigenvalue weighted by Crippen LogP contribution is -2.44. The van der Waals surface area contributed by atoms with Gasteiger partial charge in [0.25, 0.3) is 5.91 Å². The maximum absolute atomic E-state index is 12.9. The molecular weight excluding hydrogens is 298 g/mol. The molecule has 3 aromatic heterocycles. The van der Waals surface area contributed by atoms with Gasteiger partial charge in [0.1, 0.15) is 5.69 Å². The lowest BCUT2D eigenvalue weighted by atomic mass is 10.1. The van der Waals surface area contributed by atoms with Gasteiger partial charge in [-0.2, -0.15) is 0 Å². The number of aromatic nitrogens is 2. The van der Waals surface area contributed by atoms with Gasteiger partial charge in [-0.3, -0.25) is 4.79 Å². The summed E-state index contributed by atoms with van der Waals surface area (Å²) in [6.45, 7) is 1.74. The zero-order chi connectivity index (χ0) is 15.1. The van der Waals surface area contributed by atoms with Gasteiger partial charge in [-0.25, -0.2) is 0 Å². The normalized spacial score (nSPS) is 19.0. The highest BCUT2D eigenvalue weighted by Crippen LogP contribution is 2.28. The van der Waals surface area contributed by atoms with Crippen molar-refractivity contribution in [2.75, 3.05) is 19.8 Å². The molecule has 0 bridgehead atoms. The third-order valence-corrected chi connectivity index (χ3v) is 5.05. The van der Waals surface area contributed by atoms with Crippen molar-refractivity contribution in [2.24, 2.45) is 7.05 Å². The minimum atomic E-state index is -0.0393. The van der Waals surface area contributed by atoms with Crippen LogP contribution in [-0.4, -0.2) is 40.1 Å². The number of hydrogen-bond acceptors (Lipinski definition) is 3. The number of thiophene rings is 1. The minimum absolute atomic E-state index is 0.0393. The molecule has 4 rings (SSSR count). The average molecular weight is 315 g/mol. The number of carbonyl (C=O) groups excluding carboxylic acids is 1. The van der Waals surface area contributed by atoms with E-state index in [4.69, 9.17) is 4.74 Å². The van der Waals surface area contributed by atoms with Gasteiger partial charge < -0.3 is 19.2 Å². The number of fused-ring (bicyclic) bond motifs is 1. The van der Waals surface area contributed by atoms with E-state index in [0.29, 0.717) is 25.5 Å². The number of aromatic amines is 1. The van der Waals surface area contributed by atoms with E-state index in [2.05, 4.69) is 4.98 Å². The van der Waals surface area contributed by atoms with Crippen molar-refractivity contribution in [3.05, 3.63) is 47.2 Å². The predicted molar refractivity (Wildman–Crippen MR) is 86.2 cm³/mol. The van der Waals surface area contributed by atoms with Gasteiger partial charge in [0, 0.05) is 25.5 Å². The molecule has 1 saturated heterocycles. The van der Waals surface area contributed by atoms with Crippen molar-refractivity contribution < 1.29 is 9.53 Å². The zero-order valence-corrected chi connectivity index (χ0v) is 13.1. The molecule has 0 saturated carbocycles. The summed E-state index contributed by atoms with van der Waals surface area (Å²) in [6.07, 6.45) is 2.00. The molecule has 22 heavy (non-hydrogen) atoms. The van der Waals surface area contributed by atoms with Crippen molar-refractivity contribution in [1.82, 2.24) is 14.5 Å². The monoisotopic (exact) mass is 315 g/mol. The SMILES string of the molecule is Cn1cccc1[C@@H]1COCCN1C(=O)c1cc2sccc2[nH]1. The molecule has 6 heteroatoms. The molecule has 1 fully saturated rings. The Labute approximate surface area is 132 Å². The molecule has 5 nitrogen and oxygen atoms in total. The molecule has 0 aliphatic carbocycles. The zero-order valence-electron chi connectivity index (χ0n) is 12.3. The fraction of sp³-hybridized carbons (Fsp3) is 0.312. The molecule has 1 N–H and O–H groups in total. The largest absolute Gasteiger partial charge is 0.377 e. The molecule has 0 unspecified atom stereocenters. The first-order valence-corrected chi connectivity index (χ1v) is 8.18. The fourth-order valence-corrected chi connectivity index (χ4v) is 3.81. The number of hydrogen-bond donors (Lipinski definition) is 1. The second-order valence-corrected chi connectivity index (χ2v) is 6.46. The second kappa shape index (κ2) is 5.30. The van der Waals surface area contributed by atoms with Gasteiger partial charge in [-0.05, 0) is 29.6 Å². The summed E-state index contributed by atoms with van der Waals surface area (Å²) in [5.74, 6) is 0.0397. The third-order valence-electron chi connectivity index (χ3n) is 4.19. The number of ether oxygens (including phenoxy) is 1. The maximum atomic E-state index is 12.9. The van der Waals surface area contributed by atoms with Crippen LogP contribution in [0.1, 0.15) is 22.2 Å². The summed E-state index contributed by atoms with van der Waals surface area (Å²) in [5, 5.41) is 2.02. The van der Waals surface area contributed by atoms with Crippen molar-refractivity contribution >= 4 is 27.5 Å². The van der Waals surface area contributed by atoms with Gasteiger partial charge in [0.15, 0.2) is 0 Å². The number of aryl methyl sites for hydroxylation is 1. The van der Waals surface area contributed by atoms with E-state index in [1.165, 1.54) is 0 Å². The van der Waals surface area contributed by atoms with Crippen LogP contribution in [0, 0.1) is 0 Å². The Bertz CT molecular complexity index is 788. The Balaban J connectivity index is 1.67. The Hall–Kier alpha value is -2.05. The van der Waals surface area contributed by atoms with Crippen molar-refractivity contribution in [2.45, 2.75) is 6.04 Å². The highest BCUT2D eigenvalue weighted by molar-refractivity contribution is 7.17. The van der Waals surface area contributed by atoms with E-state index in [-0.39, 0.29) is 11.9 Å². The number of rotatable bonds is 2. The van der Waals surface area contributed by atoms with Crippen molar-refractivity contribution in [1.29, 1.82) is 0 Å². The summed E-state index contributed by atoms with van der Waals surface area (Å²) in [7, 11) is 2.00.